The Morgan fingerprint density at radius 3 is 2.57 bits per heavy atom. The normalized spacial score (nSPS) is 12.0. The number of ether oxygens (including phenoxy) is 1. The van der Waals surface area contributed by atoms with Crippen molar-refractivity contribution in [1.29, 1.82) is 0 Å². The smallest absolute Gasteiger partial charge is 0.345 e. The van der Waals surface area contributed by atoms with Gasteiger partial charge in [0.1, 0.15) is 5.75 Å². The molecule has 0 fully saturated rings. The Bertz CT molecular complexity index is 652. The minimum Gasteiger partial charge on any atom is -0.478 e. The number of carboxylic acids is 1. The Hall–Kier alpha value is -2.00. The van der Waals surface area contributed by atoms with Crippen LogP contribution in [0.25, 0.3) is 0 Å². The molecule has 1 atom stereocenters. The highest BCUT2D eigenvalue weighted by Crippen LogP contribution is 2.20. The third kappa shape index (κ3) is 4.23. The van der Waals surface area contributed by atoms with Gasteiger partial charge in [0.2, 0.25) is 0 Å². The molecule has 21 heavy (non-hydrogen) atoms. The number of hydrogen-bond acceptors (Lipinski definition) is 2. The molecule has 110 valence electrons. The van der Waals surface area contributed by atoms with Crippen LogP contribution in [0.5, 0.6) is 5.75 Å². The minimum absolute atomic E-state index is 0.308. The fourth-order valence-corrected chi connectivity index (χ4v) is 2.21. The maximum Gasteiger partial charge on any atom is 0.345 e. The molecular weight excluding hydrogens is 288 g/mol. The molecule has 2 aromatic rings. The van der Waals surface area contributed by atoms with Crippen LogP contribution < -0.4 is 4.74 Å². The molecule has 0 bridgehead atoms. The highest BCUT2D eigenvalue weighted by atomic mass is 35.5. The quantitative estimate of drug-likeness (QED) is 0.907. The standard InChI is InChI=1S/C17H17ClO3/c1-11-6-7-13(8-12(11)2)9-16(17(19)20)21-15-5-3-4-14(18)10-15/h3-8,10,16H,9H2,1-2H3,(H,19,20). The van der Waals surface area contributed by atoms with Crippen LogP contribution in [-0.2, 0) is 11.2 Å². The monoisotopic (exact) mass is 304 g/mol. The zero-order chi connectivity index (χ0) is 15.4. The summed E-state index contributed by atoms with van der Waals surface area (Å²) in [4.78, 5) is 11.4. The lowest BCUT2D eigenvalue weighted by Gasteiger charge is -2.16. The van der Waals surface area contributed by atoms with Gasteiger partial charge in [-0.25, -0.2) is 4.79 Å². The highest BCUT2D eigenvalue weighted by Gasteiger charge is 2.20. The Labute approximate surface area is 129 Å². The summed E-state index contributed by atoms with van der Waals surface area (Å²) >= 11 is 5.88. The van der Waals surface area contributed by atoms with Crippen molar-refractivity contribution in [2.75, 3.05) is 0 Å². The molecule has 0 saturated heterocycles. The van der Waals surface area contributed by atoms with Crippen LogP contribution in [0.1, 0.15) is 16.7 Å². The average molecular weight is 305 g/mol. The van der Waals surface area contributed by atoms with E-state index in [-0.39, 0.29) is 0 Å². The van der Waals surface area contributed by atoms with Crippen molar-refractivity contribution in [3.8, 4) is 5.75 Å². The van der Waals surface area contributed by atoms with Crippen molar-refractivity contribution < 1.29 is 14.6 Å². The van der Waals surface area contributed by atoms with Crippen LogP contribution in [0.15, 0.2) is 42.5 Å². The summed E-state index contributed by atoms with van der Waals surface area (Å²) < 4.78 is 5.55. The number of halogens is 1. The molecule has 0 spiro atoms. The Kier molecular flexibility index (Phi) is 4.86. The van der Waals surface area contributed by atoms with Crippen molar-refractivity contribution in [1.82, 2.24) is 0 Å². The van der Waals surface area contributed by atoms with E-state index < -0.39 is 12.1 Å². The number of carboxylic acid groups (broad SMARTS) is 1. The van der Waals surface area contributed by atoms with Gasteiger partial charge in [0.15, 0.2) is 6.10 Å². The van der Waals surface area contributed by atoms with Crippen molar-refractivity contribution in [3.63, 3.8) is 0 Å². The molecule has 1 unspecified atom stereocenters. The Morgan fingerprint density at radius 2 is 1.95 bits per heavy atom. The Morgan fingerprint density at radius 1 is 1.19 bits per heavy atom. The lowest BCUT2D eigenvalue weighted by molar-refractivity contribution is -0.145. The first-order valence-corrected chi connectivity index (χ1v) is 7.04. The van der Waals surface area contributed by atoms with Gasteiger partial charge < -0.3 is 9.84 Å². The first-order chi connectivity index (χ1) is 9.95. The van der Waals surface area contributed by atoms with Crippen molar-refractivity contribution in [2.24, 2.45) is 0 Å². The van der Waals surface area contributed by atoms with Gasteiger partial charge in [-0.15, -0.1) is 0 Å². The summed E-state index contributed by atoms with van der Waals surface area (Å²) in [6.45, 7) is 4.03. The van der Waals surface area contributed by atoms with Crippen LogP contribution >= 0.6 is 11.6 Å². The summed E-state index contributed by atoms with van der Waals surface area (Å²) in [6.07, 6.45) is -0.631. The van der Waals surface area contributed by atoms with Crippen molar-refractivity contribution in [2.45, 2.75) is 26.4 Å². The minimum atomic E-state index is -0.992. The van der Waals surface area contributed by atoms with Crippen LogP contribution in [0.3, 0.4) is 0 Å². The molecule has 0 aliphatic carbocycles. The third-order valence-electron chi connectivity index (χ3n) is 3.34. The molecule has 2 rings (SSSR count). The predicted molar refractivity (Wildman–Crippen MR) is 83.1 cm³/mol. The summed E-state index contributed by atoms with van der Waals surface area (Å²) in [5.74, 6) is -0.535. The summed E-state index contributed by atoms with van der Waals surface area (Å²) in [5.41, 5.74) is 3.26. The molecule has 3 nitrogen and oxygen atoms in total. The number of aryl methyl sites for hydroxylation is 2. The van der Waals surface area contributed by atoms with Gasteiger partial charge in [-0.2, -0.15) is 0 Å². The van der Waals surface area contributed by atoms with E-state index in [1.807, 2.05) is 32.0 Å². The van der Waals surface area contributed by atoms with Gasteiger partial charge in [-0.05, 0) is 48.7 Å². The van der Waals surface area contributed by atoms with Gasteiger partial charge >= 0.3 is 5.97 Å². The average Bonchev–Trinajstić information content (AvgIpc) is 2.42. The van der Waals surface area contributed by atoms with Crippen LogP contribution in [0.4, 0.5) is 0 Å². The van der Waals surface area contributed by atoms with Crippen LogP contribution in [0, 0.1) is 13.8 Å². The Balaban J connectivity index is 2.15. The van der Waals surface area contributed by atoms with Gasteiger partial charge in [0, 0.05) is 11.4 Å². The highest BCUT2D eigenvalue weighted by molar-refractivity contribution is 6.30. The zero-order valence-corrected chi connectivity index (χ0v) is 12.7. The van der Waals surface area contributed by atoms with E-state index in [2.05, 4.69) is 0 Å². The molecular formula is C17H17ClO3. The van der Waals surface area contributed by atoms with E-state index in [0.29, 0.717) is 17.2 Å². The second-order valence-corrected chi connectivity index (χ2v) is 5.46. The maximum absolute atomic E-state index is 11.4. The fraction of sp³-hybridized carbons (Fsp3) is 0.235. The van der Waals surface area contributed by atoms with E-state index in [1.165, 1.54) is 5.56 Å². The third-order valence-corrected chi connectivity index (χ3v) is 3.58. The topological polar surface area (TPSA) is 46.5 Å². The number of rotatable bonds is 5. The summed E-state index contributed by atoms with van der Waals surface area (Å²) in [6, 6.07) is 12.7. The summed E-state index contributed by atoms with van der Waals surface area (Å²) in [7, 11) is 0. The van der Waals surface area contributed by atoms with E-state index >= 15 is 0 Å². The van der Waals surface area contributed by atoms with E-state index in [4.69, 9.17) is 16.3 Å². The van der Waals surface area contributed by atoms with E-state index in [0.717, 1.165) is 11.1 Å². The molecule has 4 heteroatoms. The molecule has 0 aliphatic heterocycles. The largest absolute Gasteiger partial charge is 0.478 e. The van der Waals surface area contributed by atoms with Gasteiger partial charge in [0.25, 0.3) is 0 Å². The molecule has 0 heterocycles. The predicted octanol–water partition coefficient (Wildman–Crippen LogP) is 4.03. The fourth-order valence-electron chi connectivity index (χ4n) is 2.03. The summed E-state index contributed by atoms with van der Waals surface area (Å²) in [5, 5.41) is 9.85. The first-order valence-electron chi connectivity index (χ1n) is 6.67. The number of aliphatic carboxylic acids is 1. The molecule has 0 aromatic heterocycles. The van der Waals surface area contributed by atoms with Crippen molar-refractivity contribution >= 4 is 17.6 Å². The molecule has 0 amide bonds. The SMILES string of the molecule is Cc1ccc(CC(Oc2cccc(Cl)c2)C(=O)O)cc1C. The number of benzene rings is 2. The molecule has 0 saturated carbocycles. The van der Waals surface area contributed by atoms with Crippen LogP contribution in [0.2, 0.25) is 5.02 Å². The van der Waals surface area contributed by atoms with E-state index in [1.54, 1.807) is 24.3 Å². The van der Waals surface area contributed by atoms with Gasteiger partial charge in [-0.1, -0.05) is 35.9 Å². The first kappa shape index (κ1) is 15.4. The molecule has 0 radical (unpaired) electrons. The van der Waals surface area contributed by atoms with Gasteiger partial charge in [0.05, 0.1) is 0 Å². The van der Waals surface area contributed by atoms with Crippen molar-refractivity contribution in [3.05, 3.63) is 64.2 Å². The number of hydrogen-bond donors (Lipinski definition) is 1. The lowest BCUT2D eigenvalue weighted by atomic mass is 10.0. The van der Waals surface area contributed by atoms with Gasteiger partial charge in [-0.3, -0.25) is 0 Å². The second-order valence-electron chi connectivity index (χ2n) is 5.02. The molecule has 0 aliphatic rings. The maximum atomic E-state index is 11.4. The molecule has 1 N–H and O–H groups in total. The van der Waals surface area contributed by atoms with E-state index in [9.17, 15) is 9.90 Å². The zero-order valence-electron chi connectivity index (χ0n) is 12.0. The second kappa shape index (κ2) is 6.64. The van der Waals surface area contributed by atoms with Crippen LogP contribution in [-0.4, -0.2) is 17.2 Å². The molecule has 2 aromatic carbocycles. The lowest BCUT2D eigenvalue weighted by Crippen LogP contribution is -2.29. The number of carbonyl (C=O) groups is 1.